The number of nitrogens with zero attached hydrogens (tertiary/aromatic N) is 3. The topological polar surface area (TPSA) is 66.5 Å². The molecule has 3 N–H and O–H groups in total. The Hall–Kier alpha value is -2.21. The van der Waals surface area contributed by atoms with E-state index in [4.69, 9.17) is 5.73 Å². The summed E-state index contributed by atoms with van der Waals surface area (Å²) in [4.78, 5) is 14.6. The van der Waals surface area contributed by atoms with E-state index in [9.17, 15) is 4.79 Å². The van der Waals surface area contributed by atoms with Crippen LogP contribution in [0.5, 0.6) is 0 Å². The van der Waals surface area contributed by atoms with Gasteiger partial charge in [-0.25, -0.2) is 0 Å². The Bertz CT molecular complexity index is 808. The van der Waals surface area contributed by atoms with Crippen LogP contribution in [-0.4, -0.2) is 55.8 Å². The van der Waals surface area contributed by atoms with Gasteiger partial charge in [0.2, 0.25) is 0 Å². The van der Waals surface area contributed by atoms with E-state index < -0.39 is 0 Å². The maximum Gasteiger partial charge on any atom is 0.267 e. The SMILES string of the molecule is C=C/C(CC)=C(/c1cc(C(N)=O)n(N2CCC(C3CCCNC3)CC2)c1CC)N(C)C. The van der Waals surface area contributed by atoms with Crippen molar-refractivity contribution >= 4 is 11.6 Å². The Morgan fingerprint density at radius 3 is 2.45 bits per heavy atom. The smallest absolute Gasteiger partial charge is 0.267 e. The van der Waals surface area contributed by atoms with E-state index in [-0.39, 0.29) is 5.91 Å². The lowest BCUT2D eigenvalue weighted by Gasteiger charge is -2.40. The molecule has 0 aromatic carbocycles. The summed E-state index contributed by atoms with van der Waals surface area (Å²) in [7, 11) is 4.11. The molecule has 31 heavy (non-hydrogen) atoms. The molecule has 1 unspecified atom stereocenters. The van der Waals surface area contributed by atoms with Gasteiger partial charge in [-0.05, 0) is 75.1 Å². The lowest BCUT2D eigenvalue weighted by atomic mass is 9.80. The summed E-state index contributed by atoms with van der Waals surface area (Å²) < 4.78 is 2.13. The van der Waals surface area contributed by atoms with Gasteiger partial charge in [0.05, 0.1) is 0 Å². The zero-order valence-corrected chi connectivity index (χ0v) is 19.9. The van der Waals surface area contributed by atoms with Crippen LogP contribution in [0, 0.1) is 11.8 Å². The van der Waals surface area contributed by atoms with Gasteiger partial charge in [-0.3, -0.25) is 9.47 Å². The van der Waals surface area contributed by atoms with E-state index in [1.807, 2.05) is 12.1 Å². The van der Waals surface area contributed by atoms with Crippen molar-refractivity contribution in [3.63, 3.8) is 0 Å². The zero-order valence-electron chi connectivity index (χ0n) is 19.9. The number of nitrogens with one attached hydrogen (secondary N) is 1. The molecule has 6 nitrogen and oxygen atoms in total. The van der Waals surface area contributed by atoms with Crippen LogP contribution >= 0.6 is 0 Å². The molecule has 2 aliphatic heterocycles. The van der Waals surface area contributed by atoms with Gasteiger partial charge < -0.3 is 21.0 Å². The molecule has 3 rings (SSSR count). The number of amides is 1. The molecule has 1 aromatic rings. The largest absolute Gasteiger partial charge is 0.377 e. The second-order valence-corrected chi connectivity index (χ2v) is 9.14. The van der Waals surface area contributed by atoms with Crippen molar-refractivity contribution in [2.75, 3.05) is 45.3 Å². The molecule has 0 saturated carbocycles. The fraction of sp³-hybridized carbons (Fsp3) is 0.640. The highest BCUT2D eigenvalue weighted by Gasteiger charge is 2.31. The maximum absolute atomic E-state index is 12.5. The Morgan fingerprint density at radius 2 is 1.97 bits per heavy atom. The summed E-state index contributed by atoms with van der Waals surface area (Å²) in [5, 5.41) is 5.92. The summed E-state index contributed by atoms with van der Waals surface area (Å²) in [5.41, 5.74) is 11.0. The zero-order chi connectivity index (χ0) is 22.5. The van der Waals surface area contributed by atoms with E-state index in [0.717, 1.165) is 67.8 Å². The number of hydrogen-bond acceptors (Lipinski definition) is 4. The maximum atomic E-state index is 12.5. The molecule has 2 fully saturated rings. The first-order valence-corrected chi connectivity index (χ1v) is 12.0. The summed E-state index contributed by atoms with van der Waals surface area (Å²) in [6.45, 7) is 12.6. The molecule has 3 heterocycles. The van der Waals surface area contributed by atoms with Crippen molar-refractivity contribution in [2.45, 2.75) is 52.4 Å². The number of aromatic nitrogens is 1. The van der Waals surface area contributed by atoms with Gasteiger partial charge in [-0.15, -0.1) is 0 Å². The molecular formula is C25H41N5O. The Balaban J connectivity index is 1.96. The molecule has 6 heteroatoms. The number of rotatable bonds is 8. The Morgan fingerprint density at radius 1 is 1.26 bits per heavy atom. The van der Waals surface area contributed by atoms with Gasteiger partial charge in [0, 0.05) is 44.1 Å². The molecular weight excluding hydrogens is 386 g/mol. The molecule has 1 aromatic heterocycles. The molecule has 172 valence electrons. The second kappa shape index (κ2) is 10.4. The highest BCUT2D eigenvalue weighted by atomic mass is 16.1. The van der Waals surface area contributed by atoms with Crippen molar-refractivity contribution in [1.82, 2.24) is 14.9 Å². The average Bonchev–Trinajstić information content (AvgIpc) is 3.17. The number of primary amides is 1. The first-order valence-electron chi connectivity index (χ1n) is 12.0. The molecule has 2 saturated heterocycles. The van der Waals surface area contributed by atoms with Crippen LogP contribution in [0.25, 0.3) is 5.70 Å². The predicted octanol–water partition coefficient (Wildman–Crippen LogP) is 3.37. The van der Waals surface area contributed by atoms with Crippen molar-refractivity contribution in [3.8, 4) is 0 Å². The number of nitrogens with two attached hydrogens (primary N) is 1. The van der Waals surface area contributed by atoms with Crippen LogP contribution in [0.3, 0.4) is 0 Å². The van der Waals surface area contributed by atoms with Gasteiger partial charge in [-0.2, -0.15) is 0 Å². The van der Waals surface area contributed by atoms with Crippen LogP contribution in [0.4, 0.5) is 0 Å². The van der Waals surface area contributed by atoms with Gasteiger partial charge in [-0.1, -0.05) is 26.5 Å². The van der Waals surface area contributed by atoms with Crippen LogP contribution < -0.4 is 16.1 Å². The van der Waals surface area contributed by atoms with Crippen LogP contribution in [0.2, 0.25) is 0 Å². The van der Waals surface area contributed by atoms with E-state index >= 15 is 0 Å². The number of piperidine rings is 2. The molecule has 0 radical (unpaired) electrons. The van der Waals surface area contributed by atoms with Gasteiger partial charge >= 0.3 is 0 Å². The lowest BCUT2D eigenvalue weighted by Crippen LogP contribution is -2.47. The molecule has 0 spiro atoms. The molecule has 2 aliphatic rings. The predicted molar refractivity (Wildman–Crippen MR) is 130 cm³/mol. The van der Waals surface area contributed by atoms with E-state index in [0.29, 0.717) is 5.69 Å². The highest BCUT2D eigenvalue weighted by Crippen LogP contribution is 2.33. The summed E-state index contributed by atoms with van der Waals surface area (Å²) >= 11 is 0. The van der Waals surface area contributed by atoms with Crippen molar-refractivity contribution < 1.29 is 4.79 Å². The Kier molecular flexibility index (Phi) is 7.87. The fourth-order valence-corrected chi connectivity index (χ4v) is 5.53. The van der Waals surface area contributed by atoms with Crippen LogP contribution in [0.1, 0.15) is 67.7 Å². The monoisotopic (exact) mass is 427 g/mol. The fourth-order valence-electron chi connectivity index (χ4n) is 5.53. The number of carbonyl (C=O) groups is 1. The van der Waals surface area contributed by atoms with Crippen LogP contribution in [0.15, 0.2) is 24.3 Å². The van der Waals surface area contributed by atoms with E-state index in [1.165, 1.54) is 31.3 Å². The highest BCUT2D eigenvalue weighted by molar-refractivity contribution is 5.93. The minimum absolute atomic E-state index is 0.366. The van der Waals surface area contributed by atoms with Crippen molar-refractivity contribution in [3.05, 3.63) is 41.2 Å². The first-order chi connectivity index (χ1) is 14.9. The molecule has 1 atom stereocenters. The second-order valence-electron chi connectivity index (χ2n) is 9.14. The number of hydrogen-bond donors (Lipinski definition) is 2. The first kappa shape index (κ1) is 23.5. The van der Waals surface area contributed by atoms with Gasteiger partial charge in [0.25, 0.3) is 5.91 Å². The average molecular weight is 428 g/mol. The van der Waals surface area contributed by atoms with E-state index in [1.54, 1.807) is 0 Å². The normalized spacial score (nSPS) is 21.0. The van der Waals surface area contributed by atoms with Crippen molar-refractivity contribution in [1.29, 1.82) is 0 Å². The molecule has 0 aliphatic carbocycles. The van der Waals surface area contributed by atoms with Crippen LogP contribution in [-0.2, 0) is 6.42 Å². The third-order valence-corrected chi connectivity index (χ3v) is 7.10. The minimum Gasteiger partial charge on any atom is -0.377 e. The quantitative estimate of drug-likeness (QED) is 0.624. The van der Waals surface area contributed by atoms with Crippen molar-refractivity contribution in [2.24, 2.45) is 17.6 Å². The van der Waals surface area contributed by atoms with Gasteiger partial charge in [0.1, 0.15) is 5.69 Å². The number of allylic oxidation sites excluding steroid dienone is 2. The summed E-state index contributed by atoms with van der Waals surface area (Å²) in [5.74, 6) is 1.19. The Labute approximate surface area is 188 Å². The minimum atomic E-state index is -0.366. The summed E-state index contributed by atoms with van der Waals surface area (Å²) in [6, 6.07) is 1.99. The van der Waals surface area contributed by atoms with Gasteiger partial charge in [0.15, 0.2) is 0 Å². The molecule has 1 amide bonds. The summed E-state index contributed by atoms with van der Waals surface area (Å²) in [6.07, 6.45) is 8.63. The molecule has 0 bridgehead atoms. The number of carbonyl (C=O) groups excluding carboxylic acids is 1. The third kappa shape index (κ3) is 4.84. The standard InChI is InChI=1S/C25H41N5O/c1-6-18(7-2)24(28(4)5)21-16-23(25(26)31)30(22(21)8-3)29-14-11-19(12-15-29)20-10-9-13-27-17-20/h6,16,19-20,27H,1,7-15,17H2,2-5H3,(H2,26,31)/b24-18+. The third-order valence-electron chi connectivity index (χ3n) is 7.10. The van der Waals surface area contributed by atoms with E-state index in [2.05, 4.69) is 54.4 Å². The lowest BCUT2D eigenvalue weighted by molar-refractivity contribution is 0.0989.